The van der Waals surface area contributed by atoms with Crippen LogP contribution in [0.25, 0.3) is 0 Å². The highest BCUT2D eigenvalue weighted by molar-refractivity contribution is 14.0. The highest BCUT2D eigenvalue weighted by Crippen LogP contribution is 2.12. The molecular formula is C15H30IN5O4S. The van der Waals surface area contributed by atoms with Crippen molar-refractivity contribution in [2.24, 2.45) is 4.99 Å². The van der Waals surface area contributed by atoms with Crippen molar-refractivity contribution in [2.45, 2.75) is 32.2 Å². The van der Waals surface area contributed by atoms with Crippen molar-refractivity contribution in [1.82, 2.24) is 19.8 Å². The van der Waals surface area contributed by atoms with Gasteiger partial charge < -0.3 is 20.3 Å². The smallest absolute Gasteiger partial charge is 0.409 e. The average molecular weight is 503 g/mol. The molecule has 0 aromatic carbocycles. The number of likely N-dealkylation sites (tertiary alicyclic amines) is 1. The van der Waals surface area contributed by atoms with E-state index in [1.165, 1.54) is 4.31 Å². The van der Waals surface area contributed by atoms with Crippen molar-refractivity contribution in [3.05, 3.63) is 0 Å². The van der Waals surface area contributed by atoms with Gasteiger partial charge in [-0.15, -0.1) is 24.0 Å². The summed E-state index contributed by atoms with van der Waals surface area (Å²) in [6, 6.07) is 0.229. The van der Waals surface area contributed by atoms with Crippen LogP contribution in [0.15, 0.2) is 4.99 Å². The summed E-state index contributed by atoms with van der Waals surface area (Å²) in [5.41, 5.74) is 0. The summed E-state index contributed by atoms with van der Waals surface area (Å²) in [6.45, 7) is 5.06. The Balaban J connectivity index is 0.00000338. The molecule has 0 spiro atoms. The summed E-state index contributed by atoms with van der Waals surface area (Å²) in [4.78, 5) is 17.6. The van der Waals surface area contributed by atoms with Gasteiger partial charge in [0.2, 0.25) is 10.0 Å². The van der Waals surface area contributed by atoms with Gasteiger partial charge in [0.05, 0.1) is 12.4 Å². The molecule has 0 aliphatic carbocycles. The van der Waals surface area contributed by atoms with Crippen molar-refractivity contribution < 1.29 is 17.9 Å². The zero-order valence-corrected chi connectivity index (χ0v) is 18.6. The number of hydrogen-bond acceptors (Lipinski definition) is 5. The van der Waals surface area contributed by atoms with E-state index in [1.54, 1.807) is 18.9 Å². The Morgan fingerprint density at radius 3 is 2.50 bits per heavy atom. The first-order valence-electron chi connectivity index (χ1n) is 8.83. The standard InChI is InChI=1S/C15H29N5O4S.HI/c1-3-24-15(21)19-9-5-13(6-10-19)18-14(16-2)17-7-11-20-8-4-12-25(20,22)23;/h13H,3-12H2,1-2H3,(H2,16,17,18);1H. The van der Waals surface area contributed by atoms with E-state index in [0.717, 1.165) is 12.8 Å². The number of amides is 1. The SMILES string of the molecule is CCOC(=O)N1CCC(NC(=NC)NCCN2CCCS2(=O)=O)CC1.I. The first-order chi connectivity index (χ1) is 12.0. The fraction of sp³-hybridized carbons (Fsp3) is 0.867. The molecule has 0 aromatic heterocycles. The lowest BCUT2D eigenvalue weighted by atomic mass is 10.1. The lowest BCUT2D eigenvalue weighted by Gasteiger charge is -2.32. The summed E-state index contributed by atoms with van der Waals surface area (Å²) in [5, 5.41) is 6.50. The zero-order valence-electron chi connectivity index (χ0n) is 15.4. The number of ether oxygens (including phenoxy) is 1. The van der Waals surface area contributed by atoms with E-state index in [0.29, 0.717) is 51.7 Å². The van der Waals surface area contributed by atoms with Gasteiger partial charge in [-0.1, -0.05) is 0 Å². The van der Waals surface area contributed by atoms with Gasteiger partial charge in [0.1, 0.15) is 0 Å². The van der Waals surface area contributed by atoms with Gasteiger partial charge in [-0.3, -0.25) is 4.99 Å². The minimum atomic E-state index is -3.05. The quantitative estimate of drug-likeness (QED) is 0.321. The summed E-state index contributed by atoms with van der Waals surface area (Å²) in [7, 11) is -1.36. The molecule has 2 aliphatic rings. The van der Waals surface area contributed by atoms with E-state index in [9.17, 15) is 13.2 Å². The second kappa shape index (κ2) is 11.1. The number of piperidine rings is 1. The van der Waals surface area contributed by atoms with Crippen LogP contribution in [0.1, 0.15) is 26.2 Å². The molecule has 2 heterocycles. The van der Waals surface area contributed by atoms with Crippen molar-refractivity contribution in [3.8, 4) is 0 Å². The Bertz CT molecular complexity index is 579. The first kappa shape index (κ1) is 23.2. The van der Waals surface area contributed by atoms with Crippen LogP contribution in [0.4, 0.5) is 4.79 Å². The van der Waals surface area contributed by atoms with E-state index in [4.69, 9.17) is 4.74 Å². The molecular weight excluding hydrogens is 473 g/mol. The maximum Gasteiger partial charge on any atom is 0.409 e. The van der Waals surface area contributed by atoms with Gasteiger partial charge in [0.15, 0.2) is 5.96 Å². The Labute approximate surface area is 173 Å². The number of rotatable bonds is 5. The number of carbonyl (C=O) groups excluding carboxylic acids is 1. The Kier molecular flexibility index (Phi) is 9.93. The first-order valence-corrected chi connectivity index (χ1v) is 10.4. The van der Waals surface area contributed by atoms with Crippen molar-refractivity contribution in [1.29, 1.82) is 0 Å². The number of sulfonamides is 1. The van der Waals surface area contributed by atoms with Crippen LogP contribution in [0, 0.1) is 0 Å². The number of aliphatic imine (C=N–C) groups is 1. The predicted molar refractivity (Wildman–Crippen MR) is 112 cm³/mol. The van der Waals surface area contributed by atoms with Gasteiger partial charge in [0.25, 0.3) is 0 Å². The van der Waals surface area contributed by atoms with E-state index in [2.05, 4.69) is 15.6 Å². The molecule has 26 heavy (non-hydrogen) atoms. The summed E-state index contributed by atoms with van der Waals surface area (Å²) >= 11 is 0. The fourth-order valence-corrected chi connectivity index (χ4v) is 4.58. The van der Waals surface area contributed by atoms with Crippen molar-refractivity contribution >= 4 is 46.1 Å². The molecule has 0 aromatic rings. The van der Waals surface area contributed by atoms with Crippen molar-refractivity contribution in [3.63, 3.8) is 0 Å². The van der Waals surface area contributed by atoms with Gasteiger partial charge in [-0.25, -0.2) is 17.5 Å². The van der Waals surface area contributed by atoms with Crippen LogP contribution in [0.3, 0.4) is 0 Å². The van der Waals surface area contributed by atoms with Crippen molar-refractivity contribution in [2.75, 3.05) is 52.1 Å². The van der Waals surface area contributed by atoms with Crippen LogP contribution in [-0.2, 0) is 14.8 Å². The normalized spacial score (nSPS) is 21.2. The number of hydrogen-bond donors (Lipinski definition) is 2. The third-order valence-corrected chi connectivity index (χ3v) is 6.40. The molecule has 2 rings (SSSR count). The molecule has 2 saturated heterocycles. The van der Waals surface area contributed by atoms with Crippen LogP contribution < -0.4 is 10.6 Å². The maximum absolute atomic E-state index is 11.8. The largest absolute Gasteiger partial charge is 0.450 e. The predicted octanol–water partition coefficient (Wildman–Crippen LogP) is 0.426. The minimum absolute atomic E-state index is 0. The number of nitrogens with zero attached hydrogens (tertiary/aromatic N) is 3. The molecule has 0 atom stereocenters. The van der Waals surface area contributed by atoms with Gasteiger partial charge in [-0.2, -0.15) is 0 Å². The molecule has 152 valence electrons. The molecule has 9 nitrogen and oxygen atoms in total. The van der Waals surface area contributed by atoms with E-state index in [1.807, 2.05) is 0 Å². The second-order valence-corrected chi connectivity index (χ2v) is 8.26. The molecule has 0 saturated carbocycles. The fourth-order valence-electron chi connectivity index (χ4n) is 3.05. The molecule has 0 bridgehead atoms. The molecule has 2 N–H and O–H groups in total. The Hall–Kier alpha value is -0.820. The Morgan fingerprint density at radius 2 is 1.96 bits per heavy atom. The monoisotopic (exact) mass is 503 g/mol. The number of guanidine groups is 1. The molecule has 11 heteroatoms. The van der Waals surface area contributed by atoms with Crippen LogP contribution in [0.5, 0.6) is 0 Å². The summed E-state index contributed by atoms with van der Waals surface area (Å²) in [6.07, 6.45) is 2.09. The second-order valence-electron chi connectivity index (χ2n) is 6.17. The molecule has 0 unspecified atom stereocenters. The Morgan fingerprint density at radius 1 is 1.27 bits per heavy atom. The van der Waals surface area contributed by atoms with Gasteiger partial charge in [0, 0.05) is 45.8 Å². The summed E-state index contributed by atoms with van der Waals surface area (Å²) < 4.78 is 30.1. The van der Waals surface area contributed by atoms with E-state index in [-0.39, 0.29) is 41.9 Å². The van der Waals surface area contributed by atoms with Gasteiger partial charge in [-0.05, 0) is 26.2 Å². The molecule has 2 aliphatic heterocycles. The molecule has 0 radical (unpaired) electrons. The lowest BCUT2D eigenvalue weighted by Crippen LogP contribution is -2.50. The third kappa shape index (κ3) is 6.72. The van der Waals surface area contributed by atoms with Crippen LogP contribution >= 0.6 is 24.0 Å². The van der Waals surface area contributed by atoms with Crippen LogP contribution in [-0.4, -0.2) is 87.8 Å². The highest BCUT2D eigenvalue weighted by atomic mass is 127. The number of halogens is 1. The summed E-state index contributed by atoms with van der Waals surface area (Å²) in [5.74, 6) is 0.908. The molecule has 1 amide bonds. The topological polar surface area (TPSA) is 103 Å². The number of carbonyl (C=O) groups is 1. The van der Waals surface area contributed by atoms with Crippen LogP contribution in [0.2, 0.25) is 0 Å². The number of nitrogens with one attached hydrogen (secondary N) is 2. The van der Waals surface area contributed by atoms with E-state index < -0.39 is 10.0 Å². The van der Waals surface area contributed by atoms with Gasteiger partial charge >= 0.3 is 6.09 Å². The highest BCUT2D eigenvalue weighted by Gasteiger charge is 2.28. The lowest BCUT2D eigenvalue weighted by molar-refractivity contribution is 0.0963. The maximum atomic E-state index is 11.8. The minimum Gasteiger partial charge on any atom is -0.450 e. The average Bonchev–Trinajstić information content (AvgIpc) is 2.93. The molecule has 2 fully saturated rings. The van der Waals surface area contributed by atoms with E-state index >= 15 is 0 Å². The third-order valence-electron chi connectivity index (χ3n) is 4.44. The zero-order chi connectivity index (χ0) is 18.3.